The molecule has 2 saturated heterocycles. The minimum Gasteiger partial charge on any atom is -0.355 e. The van der Waals surface area contributed by atoms with Crippen LogP contribution in [0.5, 0.6) is 0 Å². The van der Waals surface area contributed by atoms with Gasteiger partial charge in [0.25, 0.3) is 0 Å². The minimum absolute atomic E-state index is 0.0518. The summed E-state index contributed by atoms with van der Waals surface area (Å²) in [6, 6.07) is 22.3. The molecule has 2 aliphatic heterocycles. The number of piperazine rings is 2. The fourth-order valence-corrected chi connectivity index (χ4v) is 6.79. The number of nitrogens with zero attached hydrogens (tertiary/aromatic N) is 4. The van der Waals surface area contributed by atoms with Crippen LogP contribution >= 0.6 is 23.2 Å². The second kappa shape index (κ2) is 14.8. The average Bonchev–Trinajstić information content (AvgIpc) is 3.43. The molecule has 3 heterocycles. The standard InChI is InChI=1S/C35H39Cl2N7O/c36-31-3-1-4-32(37)30(31)23-43-17-15-42(16-18-43)22-26-7-10-34-28(19-26)29(27-8-5-25(20-38)6-9-27)24-44(34)14-2-11-41-35(45)33-21-39-12-13-40-33/h1,3-10,19,24,33,39-40H,2,11-18,21-23H2,(H,41,45). The summed E-state index contributed by atoms with van der Waals surface area (Å²) in [7, 11) is 0. The van der Waals surface area contributed by atoms with Gasteiger partial charge in [-0.2, -0.15) is 5.26 Å². The van der Waals surface area contributed by atoms with E-state index in [9.17, 15) is 10.1 Å². The first-order chi connectivity index (χ1) is 22.0. The SMILES string of the molecule is N#Cc1ccc(-c2cn(CCCNC(=O)C3CNCCN3)c3ccc(CN4CCN(Cc5c(Cl)cccc5Cl)CC4)cc23)cc1. The third kappa shape index (κ3) is 7.70. The highest BCUT2D eigenvalue weighted by Gasteiger charge is 2.21. The molecule has 1 amide bonds. The largest absolute Gasteiger partial charge is 0.355 e. The van der Waals surface area contributed by atoms with Crippen molar-refractivity contribution >= 4 is 40.0 Å². The molecule has 6 rings (SSSR count). The zero-order chi connectivity index (χ0) is 31.2. The number of carbonyl (C=O) groups excluding carboxylic acids is 1. The lowest BCUT2D eigenvalue weighted by Crippen LogP contribution is -2.55. The number of halogens is 2. The molecule has 0 radical (unpaired) electrons. The highest BCUT2D eigenvalue weighted by Crippen LogP contribution is 2.32. The molecule has 2 fully saturated rings. The van der Waals surface area contributed by atoms with E-state index in [2.05, 4.69) is 60.8 Å². The smallest absolute Gasteiger partial charge is 0.238 e. The van der Waals surface area contributed by atoms with Crippen molar-refractivity contribution in [3.8, 4) is 17.2 Å². The lowest BCUT2D eigenvalue weighted by molar-refractivity contribution is -0.123. The molecule has 0 spiro atoms. The van der Waals surface area contributed by atoms with Crippen LogP contribution in [0.15, 0.2) is 66.9 Å². The van der Waals surface area contributed by atoms with E-state index in [0.717, 1.165) is 92.1 Å². The first kappa shape index (κ1) is 31.6. The number of fused-ring (bicyclic) bond motifs is 1. The summed E-state index contributed by atoms with van der Waals surface area (Å²) in [5.41, 5.74) is 6.34. The van der Waals surface area contributed by atoms with Crippen molar-refractivity contribution in [2.24, 2.45) is 0 Å². The topological polar surface area (TPSA) is 88.4 Å². The fraction of sp³-hybridized carbons (Fsp3) is 0.371. The van der Waals surface area contributed by atoms with E-state index in [0.29, 0.717) is 18.7 Å². The van der Waals surface area contributed by atoms with Gasteiger partial charge in [-0.1, -0.05) is 47.5 Å². The maximum Gasteiger partial charge on any atom is 0.238 e. The maximum absolute atomic E-state index is 12.5. The first-order valence-electron chi connectivity index (χ1n) is 15.7. The van der Waals surface area contributed by atoms with E-state index >= 15 is 0 Å². The van der Waals surface area contributed by atoms with Crippen LogP contribution < -0.4 is 16.0 Å². The zero-order valence-electron chi connectivity index (χ0n) is 25.4. The van der Waals surface area contributed by atoms with Gasteiger partial charge in [-0.05, 0) is 53.9 Å². The molecule has 1 atom stereocenters. The van der Waals surface area contributed by atoms with Crippen LogP contribution in [-0.4, -0.2) is 78.7 Å². The van der Waals surface area contributed by atoms with E-state index in [1.54, 1.807) is 0 Å². The molecule has 8 nitrogen and oxygen atoms in total. The summed E-state index contributed by atoms with van der Waals surface area (Å²) in [6.07, 6.45) is 3.04. The van der Waals surface area contributed by atoms with Crippen LogP contribution in [0, 0.1) is 11.3 Å². The van der Waals surface area contributed by atoms with Gasteiger partial charge in [0.15, 0.2) is 0 Å². The van der Waals surface area contributed by atoms with Gasteiger partial charge in [-0.25, -0.2) is 0 Å². The summed E-state index contributed by atoms with van der Waals surface area (Å²) >= 11 is 12.8. The number of nitriles is 1. The summed E-state index contributed by atoms with van der Waals surface area (Å²) in [6.45, 7) is 9.29. The number of hydrogen-bond acceptors (Lipinski definition) is 6. The van der Waals surface area contributed by atoms with Crippen LogP contribution in [0.25, 0.3) is 22.0 Å². The zero-order valence-corrected chi connectivity index (χ0v) is 26.9. The second-order valence-corrected chi connectivity index (χ2v) is 12.7. The Morgan fingerprint density at radius 3 is 2.38 bits per heavy atom. The Labute approximate surface area is 274 Å². The number of aromatic nitrogens is 1. The Kier molecular flexibility index (Phi) is 10.4. The van der Waals surface area contributed by atoms with Crippen LogP contribution in [0.4, 0.5) is 0 Å². The predicted octanol–water partition coefficient (Wildman–Crippen LogP) is 4.87. The van der Waals surface area contributed by atoms with Crippen molar-refractivity contribution < 1.29 is 4.79 Å². The number of amides is 1. The van der Waals surface area contributed by atoms with E-state index in [4.69, 9.17) is 23.2 Å². The molecular weight excluding hydrogens is 605 g/mol. The fourth-order valence-electron chi connectivity index (χ4n) is 6.28. The van der Waals surface area contributed by atoms with E-state index in [1.807, 2.05) is 42.5 Å². The number of hydrogen-bond donors (Lipinski definition) is 3. The Balaban J connectivity index is 1.13. The van der Waals surface area contributed by atoms with Crippen LogP contribution in [-0.2, 0) is 24.4 Å². The summed E-state index contributed by atoms with van der Waals surface area (Å²) in [5, 5.41) is 21.6. The summed E-state index contributed by atoms with van der Waals surface area (Å²) in [4.78, 5) is 17.5. The van der Waals surface area contributed by atoms with Gasteiger partial charge >= 0.3 is 0 Å². The van der Waals surface area contributed by atoms with Gasteiger partial charge in [0.1, 0.15) is 0 Å². The highest BCUT2D eigenvalue weighted by molar-refractivity contribution is 6.35. The normalized spacial score (nSPS) is 17.8. The van der Waals surface area contributed by atoms with E-state index < -0.39 is 0 Å². The Morgan fingerprint density at radius 1 is 0.956 bits per heavy atom. The van der Waals surface area contributed by atoms with Crippen molar-refractivity contribution in [3.05, 3.63) is 93.6 Å². The molecule has 0 bridgehead atoms. The van der Waals surface area contributed by atoms with Crippen molar-refractivity contribution in [2.45, 2.75) is 32.1 Å². The number of aryl methyl sites for hydroxylation is 1. The van der Waals surface area contributed by atoms with Crippen LogP contribution in [0.1, 0.15) is 23.1 Å². The third-order valence-electron chi connectivity index (χ3n) is 8.82. The molecule has 0 saturated carbocycles. The summed E-state index contributed by atoms with van der Waals surface area (Å²) in [5.74, 6) is 0.0518. The second-order valence-electron chi connectivity index (χ2n) is 11.9. The van der Waals surface area contributed by atoms with Gasteiger partial charge in [-0.3, -0.25) is 14.6 Å². The molecular formula is C35H39Cl2N7O. The molecule has 45 heavy (non-hydrogen) atoms. The number of rotatable bonds is 10. The number of nitrogens with one attached hydrogen (secondary N) is 3. The molecule has 234 valence electrons. The molecule has 4 aromatic rings. The summed E-state index contributed by atoms with van der Waals surface area (Å²) < 4.78 is 2.29. The number of benzene rings is 3. The molecule has 3 aromatic carbocycles. The van der Waals surface area contributed by atoms with Crippen LogP contribution in [0.3, 0.4) is 0 Å². The monoisotopic (exact) mass is 643 g/mol. The lowest BCUT2D eigenvalue weighted by Gasteiger charge is -2.35. The van der Waals surface area contributed by atoms with Gasteiger partial charge in [-0.15, -0.1) is 0 Å². The predicted molar refractivity (Wildman–Crippen MR) is 181 cm³/mol. The van der Waals surface area contributed by atoms with Crippen molar-refractivity contribution in [3.63, 3.8) is 0 Å². The minimum atomic E-state index is -0.170. The van der Waals surface area contributed by atoms with Crippen molar-refractivity contribution in [2.75, 3.05) is 52.4 Å². The Morgan fingerprint density at radius 2 is 1.69 bits per heavy atom. The third-order valence-corrected chi connectivity index (χ3v) is 9.53. The van der Waals surface area contributed by atoms with Gasteiger partial charge in [0.2, 0.25) is 5.91 Å². The number of carbonyl (C=O) groups is 1. The molecule has 1 aromatic heterocycles. The maximum atomic E-state index is 12.5. The Bertz CT molecular complexity index is 1650. The van der Waals surface area contributed by atoms with Gasteiger partial charge < -0.3 is 20.5 Å². The van der Waals surface area contributed by atoms with Gasteiger partial charge in [0, 0.05) is 110 Å². The van der Waals surface area contributed by atoms with Crippen molar-refractivity contribution in [1.82, 2.24) is 30.3 Å². The van der Waals surface area contributed by atoms with Gasteiger partial charge in [0.05, 0.1) is 17.7 Å². The average molecular weight is 645 g/mol. The first-order valence-corrected chi connectivity index (χ1v) is 16.5. The lowest BCUT2D eigenvalue weighted by atomic mass is 10.0. The van der Waals surface area contributed by atoms with Crippen LogP contribution in [0.2, 0.25) is 10.0 Å². The molecule has 0 aliphatic carbocycles. The highest BCUT2D eigenvalue weighted by atomic mass is 35.5. The molecule has 1 unspecified atom stereocenters. The molecule has 10 heteroatoms. The van der Waals surface area contributed by atoms with E-state index in [-0.39, 0.29) is 11.9 Å². The molecule has 3 N–H and O–H groups in total. The van der Waals surface area contributed by atoms with E-state index in [1.165, 1.54) is 16.5 Å². The van der Waals surface area contributed by atoms with Crippen molar-refractivity contribution in [1.29, 1.82) is 5.26 Å². The quantitative estimate of drug-likeness (QED) is 0.214. The molecule has 2 aliphatic rings. The Hall–Kier alpha value is -3.42.